The number of aryl methyl sites for hydroxylation is 1. The number of hydrogen-bond donors (Lipinski definition) is 0. The molecule has 0 saturated carbocycles. The van der Waals surface area contributed by atoms with Crippen molar-refractivity contribution in [3.63, 3.8) is 0 Å². The van der Waals surface area contributed by atoms with Crippen molar-refractivity contribution >= 4 is 27.3 Å². The van der Waals surface area contributed by atoms with Crippen LogP contribution in [-0.2, 0) is 5.41 Å². The lowest BCUT2D eigenvalue weighted by atomic mass is 9.81. The highest BCUT2D eigenvalue weighted by molar-refractivity contribution is 9.10. The third kappa shape index (κ3) is 3.53. The molecule has 0 aliphatic heterocycles. The fourth-order valence-corrected chi connectivity index (χ4v) is 5.09. The van der Waals surface area contributed by atoms with Gasteiger partial charge in [0.05, 0.1) is 5.69 Å². The van der Waals surface area contributed by atoms with Crippen LogP contribution < -0.4 is 0 Å². The van der Waals surface area contributed by atoms with Gasteiger partial charge < -0.3 is 0 Å². The Bertz CT molecular complexity index is 1360. The second kappa shape index (κ2) is 7.86. The van der Waals surface area contributed by atoms with Gasteiger partial charge in [0, 0.05) is 15.6 Å². The Labute approximate surface area is 199 Å². The summed E-state index contributed by atoms with van der Waals surface area (Å²) in [6.07, 6.45) is 0. The third-order valence-electron chi connectivity index (χ3n) is 6.68. The highest BCUT2D eigenvalue weighted by Crippen LogP contribution is 2.50. The van der Waals surface area contributed by atoms with Gasteiger partial charge in [0.2, 0.25) is 0 Å². The van der Waals surface area contributed by atoms with Crippen LogP contribution in [0.3, 0.4) is 0 Å². The zero-order valence-electron chi connectivity index (χ0n) is 18.9. The quantitative estimate of drug-likeness (QED) is 0.260. The largest absolute Gasteiger partial charge is 0.253 e. The average Bonchev–Trinajstić information content (AvgIpc) is 3.01. The number of para-hydroxylation sites is 1. The second-order valence-corrected chi connectivity index (χ2v) is 10.1. The van der Waals surface area contributed by atoms with Gasteiger partial charge >= 0.3 is 0 Å². The molecule has 0 aromatic heterocycles. The molecule has 0 unspecified atom stereocenters. The van der Waals surface area contributed by atoms with Crippen LogP contribution in [0.1, 0.15) is 43.0 Å². The first kappa shape index (κ1) is 20.9. The van der Waals surface area contributed by atoms with Crippen molar-refractivity contribution in [2.45, 2.75) is 33.1 Å². The summed E-state index contributed by atoms with van der Waals surface area (Å²) in [7, 11) is 0. The van der Waals surface area contributed by atoms with E-state index in [1.165, 1.54) is 38.9 Å². The number of nitrogens with zero attached hydrogens (tertiary/aromatic N) is 1. The van der Waals surface area contributed by atoms with Crippen LogP contribution in [0, 0.1) is 6.92 Å². The molecular formula is C30H26BrN. The van der Waals surface area contributed by atoms with Gasteiger partial charge in [0.25, 0.3) is 0 Å². The predicted octanol–water partition coefficient (Wildman–Crippen LogP) is 8.87. The number of benzene rings is 4. The van der Waals surface area contributed by atoms with E-state index in [1.54, 1.807) is 0 Å². The summed E-state index contributed by atoms with van der Waals surface area (Å²) < 4.78 is 1.13. The molecule has 2 heteroatoms. The molecule has 0 radical (unpaired) electrons. The summed E-state index contributed by atoms with van der Waals surface area (Å²) in [6, 6.07) is 30.6. The van der Waals surface area contributed by atoms with Crippen LogP contribution in [0.4, 0.5) is 5.69 Å². The smallest absolute Gasteiger partial charge is 0.0662 e. The SMILES string of the molecule is C/C(=N\c1ccccc1C)c1ccc(-c2ccc3c(c2)C(C)(C)c2cc(Br)ccc2-3)cc1. The normalized spacial score (nSPS) is 14.2. The Kier molecular flexibility index (Phi) is 5.14. The number of hydrogen-bond acceptors (Lipinski definition) is 1. The average molecular weight is 480 g/mol. The van der Waals surface area contributed by atoms with Gasteiger partial charge in [-0.3, -0.25) is 4.99 Å². The minimum Gasteiger partial charge on any atom is -0.253 e. The molecule has 0 N–H and O–H groups in total. The minimum atomic E-state index is -0.0127. The van der Waals surface area contributed by atoms with E-state index < -0.39 is 0 Å². The van der Waals surface area contributed by atoms with Gasteiger partial charge in [-0.25, -0.2) is 0 Å². The molecule has 158 valence electrons. The zero-order valence-corrected chi connectivity index (χ0v) is 20.5. The van der Waals surface area contributed by atoms with Crippen LogP contribution in [0.25, 0.3) is 22.3 Å². The summed E-state index contributed by atoms with van der Waals surface area (Å²) in [5.74, 6) is 0. The molecule has 0 amide bonds. The Morgan fingerprint density at radius 1 is 0.750 bits per heavy atom. The minimum absolute atomic E-state index is 0.0127. The molecule has 5 rings (SSSR count). The molecule has 32 heavy (non-hydrogen) atoms. The van der Waals surface area contributed by atoms with Crippen molar-refractivity contribution < 1.29 is 0 Å². The number of rotatable bonds is 3. The highest BCUT2D eigenvalue weighted by atomic mass is 79.9. The molecule has 0 saturated heterocycles. The molecule has 0 atom stereocenters. The predicted molar refractivity (Wildman–Crippen MR) is 140 cm³/mol. The molecule has 1 aliphatic rings. The standard InChI is InChI=1S/C30H26BrN/c1-19-7-5-6-8-29(19)32-20(2)21-9-11-22(12-10-21)23-13-15-25-26-16-14-24(31)18-28(26)30(3,4)27(25)17-23/h5-18H,1-4H3/b32-20+. The van der Waals surface area contributed by atoms with E-state index in [0.29, 0.717) is 0 Å². The summed E-state index contributed by atoms with van der Waals surface area (Å²) in [6.45, 7) is 8.82. The molecule has 0 heterocycles. The van der Waals surface area contributed by atoms with Crippen molar-refractivity contribution in [1.29, 1.82) is 0 Å². The molecule has 0 fully saturated rings. The molecular weight excluding hydrogens is 454 g/mol. The van der Waals surface area contributed by atoms with Crippen LogP contribution in [-0.4, -0.2) is 5.71 Å². The second-order valence-electron chi connectivity index (χ2n) is 9.14. The first-order chi connectivity index (χ1) is 15.3. The third-order valence-corrected chi connectivity index (χ3v) is 7.17. The van der Waals surface area contributed by atoms with E-state index in [-0.39, 0.29) is 5.41 Å². The van der Waals surface area contributed by atoms with Crippen molar-refractivity contribution in [2.24, 2.45) is 4.99 Å². The van der Waals surface area contributed by atoms with Gasteiger partial charge in [-0.05, 0) is 82.6 Å². The summed E-state index contributed by atoms with van der Waals surface area (Å²) in [5, 5.41) is 0. The summed E-state index contributed by atoms with van der Waals surface area (Å²) in [5.41, 5.74) is 12.3. The number of halogens is 1. The van der Waals surface area contributed by atoms with E-state index >= 15 is 0 Å². The van der Waals surface area contributed by atoms with Crippen LogP contribution in [0.15, 0.2) is 94.4 Å². The lowest BCUT2D eigenvalue weighted by molar-refractivity contribution is 0.660. The Morgan fingerprint density at radius 3 is 2.09 bits per heavy atom. The monoisotopic (exact) mass is 479 g/mol. The van der Waals surface area contributed by atoms with Gasteiger partial charge in [-0.15, -0.1) is 0 Å². The van der Waals surface area contributed by atoms with Crippen LogP contribution >= 0.6 is 15.9 Å². The van der Waals surface area contributed by atoms with E-state index in [0.717, 1.165) is 21.4 Å². The maximum atomic E-state index is 4.84. The van der Waals surface area contributed by atoms with Crippen LogP contribution in [0.2, 0.25) is 0 Å². The molecule has 1 nitrogen and oxygen atoms in total. The Morgan fingerprint density at radius 2 is 1.38 bits per heavy atom. The number of fused-ring (bicyclic) bond motifs is 3. The molecule has 4 aromatic carbocycles. The van der Waals surface area contributed by atoms with Crippen LogP contribution in [0.5, 0.6) is 0 Å². The number of aliphatic imine (C=N–C) groups is 1. The van der Waals surface area contributed by atoms with Gasteiger partial charge in [0.1, 0.15) is 0 Å². The molecule has 0 bridgehead atoms. The van der Waals surface area contributed by atoms with E-state index in [2.05, 4.69) is 116 Å². The first-order valence-corrected chi connectivity index (χ1v) is 11.8. The van der Waals surface area contributed by atoms with Crippen molar-refractivity contribution in [1.82, 2.24) is 0 Å². The fraction of sp³-hybridized carbons (Fsp3) is 0.167. The van der Waals surface area contributed by atoms with Gasteiger partial charge in [-0.2, -0.15) is 0 Å². The van der Waals surface area contributed by atoms with Crippen molar-refractivity contribution in [3.8, 4) is 22.3 Å². The maximum Gasteiger partial charge on any atom is 0.0662 e. The summed E-state index contributed by atoms with van der Waals surface area (Å²) in [4.78, 5) is 4.84. The molecule has 1 aliphatic carbocycles. The first-order valence-electron chi connectivity index (χ1n) is 11.0. The molecule has 4 aromatic rings. The van der Waals surface area contributed by atoms with Crippen molar-refractivity contribution in [2.75, 3.05) is 0 Å². The fourth-order valence-electron chi connectivity index (χ4n) is 4.73. The Balaban J connectivity index is 1.48. The van der Waals surface area contributed by atoms with E-state index in [9.17, 15) is 0 Å². The Hall–Kier alpha value is -2.97. The maximum absolute atomic E-state index is 4.84. The highest BCUT2D eigenvalue weighted by Gasteiger charge is 2.35. The van der Waals surface area contributed by atoms with Crippen molar-refractivity contribution in [3.05, 3.63) is 112 Å². The zero-order chi connectivity index (χ0) is 22.5. The van der Waals surface area contributed by atoms with Gasteiger partial charge in [0.15, 0.2) is 0 Å². The lowest BCUT2D eigenvalue weighted by Crippen LogP contribution is -2.15. The molecule has 0 spiro atoms. The van der Waals surface area contributed by atoms with E-state index in [4.69, 9.17) is 4.99 Å². The van der Waals surface area contributed by atoms with E-state index in [1.807, 2.05) is 12.1 Å². The summed E-state index contributed by atoms with van der Waals surface area (Å²) >= 11 is 3.65. The van der Waals surface area contributed by atoms with Gasteiger partial charge in [-0.1, -0.05) is 90.4 Å². The topological polar surface area (TPSA) is 12.4 Å². The lowest BCUT2D eigenvalue weighted by Gasteiger charge is -2.22.